The molecule has 0 aliphatic carbocycles. The van der Waals surface area contributed by atoms with Crippen molar-refractivity contribution in [2.24, 2.45) is 0 Å². The van der Waals surface area contributed by atoms with Gasteiger partial charge in [-0.3, -0.25) is 4.68 Å². The van der Waals surface area contributed by atoms with Crippen LogP contribution in [0, 0.1) is 0 Å². The number of hydrogen-bond donors (Lipinski definition) is 1. The summed E-state index contributed by atoms with van der Waals surface area (Å²) in [5, 5.41) is 14.5. The summed E-state index contributed by atoms with van der Waals surface area (Å²) in [6.45, 7) is 3.06. The lowest BCUT2D eigenvalue weighted by Crippen LogP contribution is -2.24. The Morgan fingerprint density at radius 2 is 2.57 bits per heavy atom. The molecular formula is C10H16N2OS. The molecule has 0 spiro atoms. The molecule has 0 saturated carbocycles. The van der Waals surface area contributed by atoms with Crippen molar-refractivity contribution in [3.63, 3.8) is 0 Å². The van der Waals surface area contributed by atoms with E-state index in [4.69, 9.17) is 0 Å². The van der Waals surface area contributed by atoms with Crippen LogP contribution in [0.1, 0.15) is 25.3 Å². The number of hydrogen-bond acceptors (Lipinski definition) is 3. The second kappa shape index (κ2) is 3.95. The molecule has 78 valence electrons. The van der Waals surface area contributed by atoms with E-state index >= 15 is 0 Å². The Balaban J connectivity index is 2.15. The summed E-state index contributed by atoms with van der Waals surface area (Å²) in [4.78, 5) is 0. The van der Waals surface area contributed by atoms with Gasteiger partial charge < -0.3 is 5.11 Å². The first-order valence-electron chi connectivity index (χ1n) is 5.08. The van der Waals surface area contributed by atoms with Gasteiger partial charge in [0, 0.05) is 24.1 Å². The highest BCUT2D eigenvalue weighted by Crippen LogP contribution is 2.36. The number of rotatable bonds is 3. The molecule has 0 bridgehead atoms. The van der Waals surface area contributed by atoms with Crippen LogP contribution in [0.15, 0.2) is 12.4 Å². The molecule has 3 nitrogen and oxygen atoms in total. The topological polar surface area (TPSA) is 38.0 Å². The van der Waals surface area contributed by atoms with Gasteiger partial charge in [-0.1, -0.05) is 6.92 Å². The Kier molecular flexibility index (Phi) is 2.83. The van der Waals surface area contributed by atoms with Gasteiger partial charge in [0.1, 0.15) is 5.60 Å². The average Bonchev–Trinajstić information content (AvgIpc) is 2.75. The van der Waals surface area contributed by atoms with Crippen molar-refractivity contribution in [2.45, 2.75) is 31.9 Å². The molecule has 1 fully saturated rings. The fraction of sp³-hybridized carbons (Fsp3) is 0.700. The van der Waals surface area contributed by atoms with Gasteiger partial charge in [-0.05, 0) is 18.6 Å². The molecule has 2 heterocycles. The summed E-state index contributed by atoms with van der Waals surface area (Å²) in [6, 6.07) is 0. The Hall–Kier alpha value is -0.480. The van der Waals surface area contributed by atoms with E-state index in [0.717, 1.165) is 36.5 Å². The minimum atomic E-state index is -0.614. The number of thioether (sulfide) groups is 1. The zero-order chi connectivity index (χ0) is 10.0. The van der Waals surface area contributed by atoms with Crippen molar-refractivity contribution in [2.75, 3.05) is 11.5 Å². The van der Waals surface area contributed by atoms with Crippen LogP contribution in [0.2, 0.25) is 0 Å². The predicted molar refractivity (Wildman–Crippen MR) is 58.4 cm³/mol. The highest BCUT2D eigenvalue weighted by atomic mass is 32.2. The lowest BCUT2D eigenvalue weighted by Gasteiger charge is -2.18. The quantitative estimate of drug-likeness (QED) is 0.827. The van der Waals surface area contributed by atoms with E-state index in [1.54, 1.807) is 0 Å². The van der Waals surface area contributed by atoms with Crippen molar-refractivity contribution in [3.8, 4) is 0 Å². The predicted octanol–water partition coefficient (Wildman–Crippen LogP) is 1.62. The minimum Gasteiger partial charge on any atom is -0.384 e. The first kappa shape index (κ1) is 10.1. The average molecular weight is 212 g/mol. The summed E-state index contributed by atoms with van der Waals surface area (Å²) in [6.07, 6.45) is 5.72. The lowest BCUT2D eigenvalue weighted by molar-refractivity contribution is 0.0657. The van der Waals surface area contributed by atoms with E-state index in [0.29, 0.717) is 0 Å². The van der Waals surface area contributed by atoms with E-state index in [2.05, 4.69) is 12.0 Å². The summed E-state index contributed by atoms with van der Waals surface area (Å²) in [7, 11) is 0. The van der Waals surface area contributed by atoms with Gasteiger partial charge in [-0.2, -0.15) is 16.9 Å². The van der Waals surface area contributed by atoms with Crippen molar-refractivity contribution < 1.29 is 5.11 Å². The Morgan fingerprint density at radius 1 is 1.71 bits per heavy atom. The van der Waals surface area contributed by atoms with Gasteiger partial charge in [-0.15, -0.1) is 0 Å². The fourth-order valence-corrected chi connectivity index (χ4v) is 3.01. The van der Waals surface area contributed by atoms with Gasteiger partial charge in [0.15, 0.2) is 0 Å². The largest absolute Gasteiger partial charge is 0.384 e. The number of nitrogens with zero attached hydrogens (tertiary/aromatic N) is 2. The highest BCUT2D eigenvalue weighted by molar-refractivity contribution is 7.99. The molecule has 1 aromatic rings. The first-order valence-corrected chi connectivity index (χ1v) is 6.23. The zero-order valence-electron chi connectivity index (χ0n) is 8.44. The Labute approximate surface area is 88.5 Å². The molecular weight excluding hydrogens is 196 g/mol. The molecule has 0 aromatic carbocycles. The molecule has 14 heavy (non-hydrogen) atoms. The minimum absolute atomic E-state index is 0.614. The summed E-state index contributed by atoms with van der Waals surface area (Å²) >= 11 is 1.81. The molecule has 1 N–H and O–H groups in total. The Morgan fingerprint density at radius 3 is 3.21 bits per heavy atom. The third-order valence-corrected chi connectivity index (χ3v) is 3.80. The van der Waals surface area contributed by atoms with Gasteiger partial charge in [0.05, 0.1) is 6.20 Å². The monoisotopic (exact) mass is 212 g/mol. The lowest BCUT2D eigenvalue weighted by atomic mass is 9.97. The van der Waals surface area contributed by atoms with Crippen LogP contribution in [-0.2, 0) is 12.1 Å². The first-order chi connectivity index (χ1) is 6.74. The van der Waals surface area contributed by atoms with Gasteiger partial charge in [0.25, 0.3) is 0 Å². The molecule has 0 amide bonds. The summed E-state index contributed by atoms with van der Waals surface area (Å²) < 4.78 is 1.91. The molecule has 1 unspecified atom stereocenters. The molecule has 1 atom stereocenters. The normalized spacial score (nSPS) is 27.0. The van der Waals surface area contributed by atoms with Crippen molar-refractivity contribution in [3.05, 3.63) is 18.0 Å². The van der Waals surface area contributed by atoms with Crippen molar-refractivity contribution in [1.29, 1.82) is 0 Å². The Bertz CT molecular complexity index is 305. The van der Waals surface area contributed by atoms with Crippen LogP contribution in [-0.4, -0.2) is 26.4 Å². The second-order valence-electron chi connectivity index (χ2n) is 3.83. The van der Waals surface area contributed by atoms with E-state index in [1.165, 1.54) is 0 Å². The molecule has 1 aliphatic rings. The molecule has 0 radical (unpaired) electrons. The van der Waals surface area contributed by atoms with Crippen molar-refractivity contribution in [1.82, 2.24) is 9.78 Å². The fourth-order valence-electron chi connectivity index (χ4n) is 1.74. The molecule has 1 aromatic heterocycles. The van der Waals surface area contributed by atoms with Gasteiger partial charge >= 0.3 is 0 Å². The maximum Gasteiger partial charge on any atom is 0.102 e. The maximum atomic E-state index is 10.3. The summed E-state index contributed by atoms with van der Waals surface area (Å²) in [5.74, 6) is 1.86. The molecule has 4 heteroatoms. The van der Waals surface area contributed by atoms with E-state index in [1.807, 2.05) is 28.8 Å². The van der Waals surface area contributed by atoms with Gasteiger partial charge in [0.2, 0.25) is 0 Å². The molecule has 1 saturated heterocycles. The summed E-state index contributed by atoms with van der Waals surface area (Å²) in [5.41, 5.74) is 0.368. The molecule has 1 aliphatic heterocycles. The smallest absolute Gasteiger partial charge is 0.102 e. The van der Waals surface area contributed by atoms with Crippen LogP contribution >= 0.6 is 11.8 Å². The zero-order valence-corrected chi connectivity index (χ0v) is 9.26. The third-order valence-electron chi connectivity index (χ3n) is 2.62. The van der Waals surface area contributed by atoms with Crippen LogP contribution in [0.5, 0.6) is 0 Å². The van der Waals surface area contributed by atoms with Crippen LogP contribution in [0.25, 0.3) is 0 Å². The van der Waals surface area contributed by atoms with E-state index < -0.39 is 5.60 Å². The number of aliphatic hydroxyl groups is 1. The van der Waals surface area contributed by atoms with Crippen molar-refractivity contribution >= 4 is 11.8 Å². The highest BCUT2D eigenvalue weighted by Gasteiger charge is 2.34. The van der Waals surface area contributed by atoms with Crippen LogP contribution in [0.3, 0.4) is 0 Å². The molecule has 2 rings (SSSR count). The third kappa shape index (κ3) is 1.81. The van der Waals surface area contributed by atoms with Gasteiger partial charge in [-0.25, -0.2) is 0 Å². The maximum absolute atomic E-state index is 10.3. The van der Waals surface area contributed by atoms with Crippen LogP contribution < -0.4 is 0 Å². The number of aryl methyl sites for hydroxylation is 1. The van der Waals surface area contributed by atoms with E-state index in [-0.39, 0.29) is 0 Å². The number of aromatic nitrogens is 2. The van der Waals surface area contributed by atoms with Crippen LogP contribution in [0.4, 0.5) is 0 Å². The standard InChI is InChI=1S/C10H16N2OS/c1-2-4-12-7-9(6-11-12)10(13)3-5-14-8-10/h6-7,13H,2-5,8H2,1H3. The SMILES string of the molecule is CCCn1cc(C2(O)CCSC2)cn1. The second-order valence-corrected chi connectivity index (χ2v) is 4.93. The van der Waals surface area contributed by atoms with E-state index in [9.17, 15) is 5.11 Å².